The maximum atomic E-state index is 12.1. The maximum Gasteiger partial charge on any atom is 0.240 e. The van der Waals surface area contributed by atoms with Crippen LogP contribution < -0.4 is 10.7 Å². The molecule has 116 valence electrons. The van der Waals surface area contributed by atoms with Crippen LogP contribution in [0.5, 0.6) is 0 Å². The maximum absolute atomic E-state index is 12.1. The summed E-state index contributed by atoms with van der Waals surface area (Å²) in [5, 5.41) is 7.10. The van der Waals surface area contributed by atoms with E-state index in [0.717, 1.165) is 28.5 Å². The Morgan fingerprint density at radius 2 is 1.95 bits per heavy atom. The zero-order valence-electron chi connectivity index (χ0n) is 12.2. The summed E-state index contributed by atoms with van der Waals surface area (Å²) in [6.45, 7) is 1.99. The molecule has 5 nitrogen and oxygen atoms in total. The number of carbonyl (C=O) groups is 2. The largest absolute Gasteiger partial charge is 0.326 e. The van der Waals surface area contributed by atoms with Gasteiger partial charge in [0.05, 0.1) is 11.6 Å². The van der Waals surface area contributed by atoms with Crippen LogP contribution in [0.25, 0.3) is 0 Å². The highest BCUT2D eigenvalue weighted by molar-refractivity contribution is 8.77. The first-order chi connectivity index (χ1) is 10.6. The van der Waals surface area contributed by atoms with Crippen LogP contribution in [-0.4, -0.2) is 29.0 Å². The molecule has 2 aliphatic rings. The molecule has 7 heteroatoms. The average molecular weight is 335 g/mol. The van der Waals surface area contributed by atoms with Gasteiger partial charge in [-0.2, -0.15) is 5.10 Å². The number of rotatable bonds is 3. The van der Waals surface area contributed by atoms with Gasteiger partial charge in [0.1, 0.15) is 0 Å². The van der Waals surface area contributed by atoms with Crippen molar-refractivity contribution in [3.63, 3.8) is 0 Å². The van der Waals surface area contributed by atoms with Crippen molar-refractivity contribution in [1.82, 2.24) is 5.43 Å². The van der Waals surface area contributed by atoms with Gasteiger partial charge in [-0.15, -0.1) is 0 Å². The molecule has 2 heterocycles. The SMILES string of the molecule is CC1CC(=O)NN=C1c1ccc(NC(=O)C2CSSC2)cc1. The van der Waals surface area contributed by atoms with Gasteiger partial charge >= 0.3 is 0 Å². The minimum atomic E-state index is -0.0487. The van der Waals surface area contributed by atoms with Crippen molar-refractivity contribution in [3.05, 3.63) is 29.8 Å². The van der Waals surface area contributed by atoms with Gasteiger partial charge in [0.25, 0.3) is 0 Å². The van der Waals surface area contributed by atoms with E-state index in [1.54, 1.807) is 21.6 Å². The fourth-order valence-corrected chi connectivity index (χ4v) is 5.20. The predicted octanol–water partition coefficient (Wildman–Crippen LogP) is 2.50. The zero-order chi connectivity index (χ0) is 15.5. The number of hydrazone groups is 1. The summed E-state index contributed by atoms with van der Waals surface area (Å²) in [5.74, 6) is 1.98. The van der Waals surface area contributed by atoms with Crippen LogP contribution in [-0.2, 0) is 9.59 Å². The molecule has 0 aromatic heterocycles. The topological polar surface area (TPSA) is 70.6 Å². The number of carbonyl (C=O) groups excluding carboxylic acids is 2. The Hall–Kier alpha value is -1.47. The van der Waals surface area contributed by atoms with Gasteiger partial charge in [-0.25, -0.2) is 5.43 Å². The summed E-state index contributed by atoms with van der Waals surface area (Å²) in [6.07, 6.45) is 0.453. The summed E-state index contributed by atoms with van der Waals surface area (Å²) >= 11 is 0. The molecule has 1 aromatic rings. The quantitative estimate of drug-likeness (QED) is 0.833. The van der Waals surface area contributed by atoms with Crippen molar-refractivity contribution in [1.29, 1.82) is 0 Å². The second kappa shape index (κ2) is 6.75. The van der Waals surface area contributed by atoms with Crippen LogP contribution in [0.3, 0.4) is 0 Å². The van der Waals surface area contributed by atoms with Crippen molar-refractivity contribution in [3.8, 4) is 0 Å². The minimum absolute atomic E-state index is 0.0487. The van der Waals surface area contributed by atoms with Crippen molar-refractivity contribution in [2.45, 2.75) is 13.3 Å². The fourth-order valence-electron chi connectivity index (χ4n) is 2.43. The van der Waals surface area contributed by atoms with E-state index in [4.69, 9.17) is 0 Å². The van der Waals surface area contributed by atoms with Gasteiger partial charge in [-0.3, -0.25) is 9.59 Å². The Morgan fingerprint density at radius 1 is 1.27 bits per heavy atom. The molecule has 1 saturated heterocycles. The van der Waals surface area contributed by atoms with Crippen LogP contribution in [0.4, 0.5) is 5.69 Å². The zero-order valence-corrected chi connectivity index (χ0v) is 13.8. The molecule has 0 saturated carbocycles. The van der Waals surface area contributed by atoms with E-state index in [2.05, 4.69) is 15.8 Å². The lowest BCUT2D eigenvalue weighted by Crippen LogP contribution is -2.31. The number of amides is 2. The highest BCUT2D eigenvalue weighted by atomic mass is 33.1. The van der Waals surface area contributed by atoms with Crippen LogP contribution in [0, 0.1) is 11.8 Å². The second-order valence-electron chi connectivity index (χ2n) is 5.47. The molecule has 1 aromatic carbocycles. The van der Waals surface area contributed by atoms with Crippen molar-refractivity contribution in [2.75, 3.05) is 16.8 Å². The average Bonchev–Trinajstić information content (AvgIpc) is 3.03. The standard InChI is InChI=1S/C15H17N3O2S2/c1-9-6-13(19)17-18-14(9)10-2-4-12(5-3-10)16-15(20)11-7-21-22-8-11/h2-5,9,11H,6-8H2,1H3,(H,16,20)(H,17,19). The summed E-state index contributed by atoms with van der Waals surface area (Å²) in [7, 11) is 3.50. The van der Waals surface area contributed by atoms with Crippen molar-refractivity contribution in [2.24, 2.45) is 16.9 Å². The molecule has 3 rings (SSSR count). The summed E-state index contributed by atoms with van der Waals surface area (Å²) in [4.78, 5) is 23.4. The molecule has 1 unspecified atom stereocenters. The third-order valence-electron chi connectivity index (χ3n) is 3.70. The summed E-state index contributed by atoms with van der Waals surface area (Å²) in [5.41, 5.74) is 5.16. The first kappa shape index (κ1) is 15.4. The molecule has 2 amide bonds. The second-order valence-corrected chi connectivity index (χ2v) is 8.02. The summed E-state index contributed by atoms with van der Waals surface area (Å²) in [6, 6.07) is 7.63. The third kappa shape index (κ3) is 3.47. The van der Waals surface area contributed by atoms with E-state index >= 15 is 0 Å². The van der Waals surface area contributed by atoms with Crippen LogP contribution in [0.15, 0.2) is 29.4 Å². The van der Waals surface area contributed by atoms with E-state index in [1.807, 2.05) is 31.2 Å². The van der Waals surface area contributed by atoms with E-state index in [0.29, 0.717) is 6.42 Å². The number of benzene rings is 1. The lowest BCUT2D eigenvalue weighted by molar-refractivity contribution is -0.122. The third-order valence-corrected chi connectivity index (χ3v) is 6.26. The minimum Gasteiger partial charge on any atom is -0.326 e. The Bertz CT molecular complexity index is 610. The lowest BCUT2D eigenvalue weighted by Gasteiger charge is -2.19. The molecule has 0 bridgehead atoms. The molecule has 2 aliphatic heterocycles. The van der Waals surface area contributed by atoms with Crippen molar-refractivity contribution < 1.29 is 9.59 Å². The number of hydrogen-bond acceptors (Lipinski definition) is 5. The van der Waals surface area contributed by atoms with Gasteiger partial charge in [-0.05, 0) is 17.7 Å². The fraction of sp³-hybridized carbons (Fsp3) is 0.400. The molecule has 1 atom stereocenters. The molecule has 1 fully saturated rings. The first-order valence-corrected chi connectivity index (χ1v) is 9.64. The Labute approximate surface area is 137 Å². The monoisotopic (exact) mass is 335 g/mol. The molecule has 2 N–H and O–H groups in total. The Balaban J connectivity index is 1.67. The van der Waals surface area contributed by atoms with Gasteiger partial charge in [-0.1, -0.05) is 40.6 Å². The van der Waals surface area contributed by atoms with Gasteiger partial charge in [0, 0.05) is 29.5 Å². The Kier molecular flexibility index (Phi) is 4.73. The summed E-state index contributed by atoms with van der Waals surface area (Å²) < 4.78 is 0. The number of anilines is 1. The van der Waals surface area contributed by atoms with Crippen molar-refractivity contribution >= 4 is 44.8 Å². The molecule has 0 radical (unpaired) electrons. The number of hydrogen-bond donors (Lipinski definition) is 2. The first-order valence-electron chi connectivity index (χ1n) is 7.15. The van der Waals surface area contributed by atoms with Crippen LogP contribution in [0.1, 0.15) is 18.9 Å². The smallest absolute Gasteiger partial charge is 0.240 e. The van der Waals surface area contributed by atoms with Gasteiger partial charge in [0.2, 0.25) is 11.8 Å². The molecule has 0 spiro atoms. The van der Waals surface area contributed by atoms with Crippen LogP contribution >= 0.6 is 21.6 Å². The van der Waals surface area contributed by atoms with E-state index < -0.39 is 0 Å². The van der Waals surface area contributed by atoms with E-state index in [9.17, 15) is 9.59 Å². The molecule has 0 aliphatic carbocycles. The molecule has 22 heavy (non-hydrogen) atoms. The predicted molar refractivity (Wildman–Crippen MR) is 91.9 cm³/mol. The highest BCUT2D eigenvalue weighted by Crippen LogP contribution is 2.35. The number of nitrogens with one attached hydrogen (secondary N) is 2. The normalized spacial score (nSPS) is 22.1. The number of nitrogens with zero attached hydrogens (tertiary/aromatic N) is 1. The van der Waals surface area contributed by atoms with E-state index in [-0.39, 0.29) is 23.7 Å². The molecular weight excluding hydrogens is 318 g/mol. The van der Waals surface area contributed by atoms with E-state index in [1.165, 1.54) is 0 Å². The van der Waals surface area contributed by atoms with Gasteiger partial charge < -0.3 is 5.32 Å². The lowest BCUT2D eigenvalue weighted by atomic mass is 9.94. The Morgan fingerprint density at radius 3 is 2.59 bits per heavy atom. The molecular formula is C15H17N3O2S2. The van der Waals surface area contributed by atoms with Gasteiger partial charge in [0.15, 0.2) is 0 Å². The van der Waals surface area contributed by atoms with Crippen LogP contribution in [0.2, 0.25) is 0 Å². The highest BCUT2D eigenvalue weighted by Gasteiger charge is 2.24.